The fourth-order valence-electron chi connectivity index (χ4n) is 3.01. The lowest BCUT2D eigenvalue weighted by atomic mass is 10.3. The molecule has 33 heavy (non-hydrogen) atoms. The molecule has 0 amide bonds. The standard InChI is InChI=1S/C24H24N6O3/c1-31-19-12-10-16(11-13-19)25-22-28-23(26-17-6-4-8-20(14-17)32-2)30-24(29-22)27-18-7-5-9-21(15-18)33-3/h4-15H,1-3H3,(H3,25,26,27,28,29,30). The fraction of sp³-hybridized carbons (Fsp3) is 0.125. The van der Waals surface area contributed by atoms with Crippen LogP contribution in [-0.4, -0.2) is 36.3 Å². The zero-order valence-corrected chi connectivity index (χ0v) is 18.5. The van der Waals surface area contributed by atoms with Gasteiger partial charge in [-0.2, -0.15) is 15.0 Å². The summed E-state index contributed by atoms with van der Waals surface area (Å²) in [7, 11) is 4.87. The Labute approximate surface area is 191 Å². The molecular formula is C24H24N6O3. The van der Waals surface area contributed by atoms with Crippen molar-refractivity contribution >= 4 is 34.9 Å². The second-order valence-electron chi connectivity index (χ2n) is 6.87. The molecule has 0 spiro atoms. The van der Waals surface area contributed by atoms with E-state index < -0.39 is 0 Å². The molecule has 0 unspecified atom stereocenters. The zero-order valence-electron chi connectivity index (χ0n) is 18.5. The van der Waals surface area contributed by atoms with Gasteiger partial charge in [-0.15, -0.1) is 0 Å². The number of nitrogens with zero attached hydrogens (tertiary/aromatic N) is 3. The van der Waals surface area contributed by atoms with Crippen molar-refractivity contribution in [3.8, 4) is 17.2 Å². The third-order valence-corrected chi connectivity index (χ3v) is 4.63. The summed E-state index contributed by atoms with van der Waals surface area (Å²) < 4.78 is 15.8. The van der Waals surface area contributed by atoms with Crippen molar-refractivity contribution in [2.45, 2.75) is 0 Å². The van der Waals surface area contributed by atoms with Gasteiger partial charge in [0.25, 0.3) is 0 Å². The number of ether oxygens (including phenoxy) is 3. The normalized spacial score (nSPS) is 10.3. The minimum atomic E-state index is 0.361. The van der Waals surface area contributed by atoms with Gasteiger partial charge in [0.05, 0.1) is 21.3 Å². The molecule has 1 aromatic heterocycles. The molecule has 9 nitrogen and oxygen atoms in total. The number of anilines is 6. The van der Waals surface area contributed by atoms with Gasteiger partial charge >= 0.3 is 0 Å². The fourth-order valence-corrected chi connectivity index (χ4v) is 3.01. The molecule has 0 atom stereocenters. The van der Waals surface area contributed by atoms with Gasteiger partial charge in [-0.1, -0.05) is 12.1 Å². The van der Waals surface area contributed by atoms with Crippen LogP contribution in [0.4, 0.5) is 34.9 Å². The minimum Gasteiger partial charge on any atom is -0.497 e. The van der Waals surface area contributed by atoms with Gasteiger partial charge in [-0.3, -0.25) is 0 Å². The Hall–Kier alpha value is -4.53. The topological polar surface area (TPSA) is 102 Å². The maximum absolute atomic E-state index is 5.30. The number of aromatic nitrogens is 3. The molecule has 3 N–H and O–H groups in total. The highest BCUT2D eigenvalue weighted by atomic mass is 16.5. The predicted molar refractivity (Wildman–Crippen MR) is 129 cm³/mol. The Balaban J connectivity index is 1.64. The van der Waals surface area contributed by atoms with Crippen LogP contribution < -0.4 is 30.2 Å². The summed E-state index contributed by atoms with van der Waals surface area (Å²) in [4.78, 5) is 13.6. The molecule has 0 aliphatic rings. The smallest absolute Gasteiger partial charge is 0.233 e. The molecule has 4 rings (SSSR count). The van der Waals surface area contributed by atoms with E-state index in [1.807, 2.05) is 72.8 Å². The van der Waals surface area contributed by atoms with Gasteiger partial charge < -0.3 is 30.2 Å². The van der Waals surface area contributed by atoms with E-state index in [9.17, 15) is 0 Å². The Bertz CT molecular complexity index is 1150. The number of rotatable bonds is 9. The summed E-state index contributed by atoms with van der Waals surface area (Å²) in [5.41, 5.74) is 2.37. The van der Waals surface area contributed by atoms with E-state index in [1.54, 1.807) is 21.3 Å². The Morgan fingerprint density at radius 3 is 1.33 bits per heavy atom. The first-order valence-electron chi connectivity index (χ1n) is 10.1. The quantitative estimate of drug-likeness (QED) is 0.324. The average Bonchev–Trinajstić information content (AvgIpc) is 2.84. The highest BCUT2D eigenvalue weighted by Crippen LogP contribution is 2.25. The third kappa shape index (κ3) is 5.79. The molecule has 3 aromatic carbocycles. The Kier molecular flexibility index (Phi) is 6.70. The summed E-state index contributed by atoms with van der Waals surface area (Å²) in [5.74, 6) is 3.29. The van der Waals surface area contributed by atoms with Crippen LogP contribution in [0.3, 0.4) is 0 Å². The van der Waals surface area contributed by atoms with Crippen molar-refractivity contribution in [1.82, 2.24) is 15.0 Å². The SMILES string of the molecule is COc1ccc(Nc2nc(Nc3cccc(OC)c3)nc(Nc3cccc(OC)c3)n2)cc1. The van der Waals surface area contributed by atoms with Crippen LogP contribution in [0, 0.1) is 0 Å². The van der Waals surface area contributed by atoms with Gasteiger partial charge in [0.1, 0.15) is 17.2 Å². The molecule has 168 valence electrons. The van der Waals surface area contributed by atoms with Gasteiger partial charge in [-0.05, 0) is 48.5 Å². The lowest BCUT2D eigenvalue weighted by molar-refractivity contribution is 0.415. The summed E-state index contributed by atoms with van der Waals surface area (Å²) in [6.45, 7) is 0. The Morgan fingerprint density at radius 2 is 0.909 bits per heavy atom. The van der Waals surface area contributed by atoms with E-state index in [4.69, 9.17) is 14.2 Å². The molecule has 0 aliphatic carbocycles. The van der Waals surface area contributed by atoms with Crippen LogP contribution in [0.25, 0.3) is 0 Å². The van der Waals surface area contributed by atoms with Crippen molar-refractivity contribution in [2.75, 3.05) is 37.3 Å². The first kappa shape index (κ1) is 21.7. The molecule has 0 saturated carbocycles. The largest absolute Gasteiger partial charge is 0.497 e. The van der Waals surface area contributed by atoms with Crippen LogP contribution in [0.2, 0.25) is 0 Å². The molecule has 0 radical (unpaired) electrons. The second kappa shape index (κ2) is 10.2. The van der Waals surface area contributed by atoms with Gasteiger partial charge in [-0.25, -0.2) is 0 Å². The first-order chi connectivity index (χ1) is 16.1. The zero-order chi connectivity index (χ0) is 23.0. The maximum Gasteiger partial charge on any atom is 0.233 e. The lowest BCUT2D eigenvalue weighted by Crippen LogP contribution is -2.07. The highest BCUT2D eigenvalue weighted by Gasteiger charge is 2.09. The Morgan fingerprint density at radius 1 is 0.485 bits per heavy atom. The monoisotopic (exact) mass is 444 g/mol. The molecule has 0 aliphatic heterocycles. The van der Waals surface area contributed by atoms with E-state index in [1.165, 1.54) is 0 Å². The van der Waals surface area contributed by atoms with Crippen molar-refractivity contribution in [3.63, 3.8) is 0 Å². The summed E-state index contributed by atoms with van der Waals surface area (Å²) in [6.07, 6.45) is 0. The maximum atomic E-state index is 5.30. The van der Waals surface area contributed by atoms with E-state index in [2.05, 4.69) is 30.9 Å². The van der Waals surface area contributed by atoms with E-state index in [0.29, 0.717) is 17.8 Å². The number of nitrogens with one attached hydrogen (secondary N) is 3. The molecule has 9 heteroatoms. The minimum absolute atomic E-state index is 0.361. The van der Waals surface area contributed by atoms with Gasteiger partial charge in [0, 0.05) is 29.2 Å². The number of benzene rings is 3. The summed E-state index contributed by atoms with van der Waals surface area (Å²) in [6, 6.07) is 22.5. The van der Waals surface area contributed by atoms with Crippen molar-refractivity contribution in [1.29, 1.82) is 0 Å². The number of hydrogen-bond acceptors (Lipinski definition) is 9. The van der Waals surface area contributed by atoms with Crippen molar-refractivity contribution in [3.05, 3.63) is 72.8 Å². The number of methoxy groups -OCH3 is 3. The van der Waals surface area contributed by atoms with Crippen LogP contribution in [0.1, 0.15) is 0 Å². The second-order valence-corrected chi connectivity index (χ2v) is 6.87. The van der Waals surface area contributed by atoms with Crippen LogP contribution in [0.5, 0.6) is 17.2 Å². The van der Waals surface area contributed by atoms with Crippen molar-refractivity contribution < 1.29 is 14.2 Å². The summed E-state index contributed by atoms with van der Waals surface area (Å²) >= 11 is 0. The van der Waals surface area contributed by atoms with E-state index >= 15 is 0 Å². The molecule has 0 bridgehead atoms. The summed E-state index contributed by atoms with van der Waals surface area (Å²) in [5, 5.41) is 9.62. The average molecular weight is 444 g/mol. The van der Waals surface area contributed by atoms with Gasteiger partial charge in [0.2, 0.25) is 17.8 Å². The molecule has 1 heterocycles. The van der Waals surface area contributed by atoms with Crippen molar-refractivity contribution in [2.24, 2.45) is 0 Å². The van der Waals surface area contributed by atoms with E-state index in [0.717, 1.165) is 34.3 Å². The molecule has 0 saturated heterocycles. The molecule has 0 fully saturated rings. The van der Waals surface area contributed by atoms with Crippen LogP contribution in [-0.2, 0) is 0 Å². The van der Waals surface area contributed by atoms with E-state index in [-0.39, 0.29) is 0 Å². The van der Waals surface area contributed by atoms with Gasteiger partial charge in [0.15, 0.2) is 0 Å². The van der Waals surface area contributed by atoms with Crippen LogP contribution >= 0.6 is 0 Å². The highest BCUT2D eigenvalue weighted by molar-refractivity contribution is 5.63. The molecule has 4 aromatic rings. The molecular weight excluding hydrogens is 420 g/mol. The number of hydrogen-bond donors (Lipinski definition) is 3. The van der Waals surface area contributed by atoms with Crippen LogP contribution in [0.15, 0.2) is 72.8 Å². The lowest BCUT2D eigenvalue weighted by Gasteiger charge is -2.12. The first-order valence-corrected chi connectivity index (χ1v) is 10.1. The third-order valence-electron chi connectivity index (χ3n) is 4.63. The predicted octanol–water partition coefficient (Wildman–Crippen LogP) is 5.13.